The Morgan fingerprint density at radius 1 is 1.22 bits per heavy atom. The molecule has 3 heteroatoms. The average molecular weight is 252 g/mol. The lowest BCUT2D eigenvalue weighted by Gasteiger charge is -2.31. The van der Waals surface area contributed by atoms with E-state index in [0.29, 0.717) is 17.9 Å². The van der Waals surface area contributed by atoms with Crippen molar-refractivity contribution in [1.82, 2.24) is 10.2 Å². The fraction of sp³-hybridized carbons (Fsp3) is 0.933. The maximum absolute atomic E-state index is 12.6. The normalized spacial score (nSPS) is 31.1. The van der Waals surface area contributed by atoms with E-state index < -0.39 is 0 Å². The highest BCUT2D eigenvalue weighted by Crippen LogP contribution is 2.28. The summed E-state index contributed by atoms with van der Waals surface area (Å²) in [4.78, 5) is 14.8. The van der Waals surface area contributed by atoms with Gasteiger partial charge in [-0.2, -0.15) is 0 Å². The standard InChI is InChI=1S/C15H28N2O/c1-4-13-16-14(11(2)3)15(18)17(13)12-9-7-5-6-8-10-12/h11-14,16H,4-10H2,1-3H3. The van der Waals surface area contributed by atoms with Crippen molar-refractivity contribution in [3.05, 3.63) is 0 Å². The summed E-state index contributed by atoms with van der Waals surface area (Å²) in [6.07, 6.45) is 8.96. The molecule has 2 atom stereocenters. The van der Waals surface area contributed by atoms with Crippen LogP contribution in [0.4, 0.5) is 0 Å². The van der Waals surface area contributed by atoms with Gasteiger partial charge in [0.25, 0.3) is 0 Å². The molecule has 104 valence electrons. The summed E-state index contributed by atoms with van der Waals surface area (Å²) in [5, 5.41) is 3.53. The second-order valence-corrected chi connectivity index (χ2v) is 6.20. The number of rotatable bonds is 3. The fourth-order valence-corrected chi connectivity index (χ4v) is 3.44. The molecular weight excluding hydrogens is 224 g/mol. The van der Waals surface area contributed by atoms with E-state index in [4.69, 9.17) is 0 Å². The highest BCUT2D eigenvalue weighted by Gasteiger charge is 2.42. The van der Waals surface area contributed by atoms with Crippen molar-refractivity contribution in [2.45, 2.75) is 84.0 Å². The van der Waals surface area contributed by atoms with Gasteiger partial charge in [0, 0.05) is 6.04 Å². The molecule has 2 aliphatic rings. The molecule has 0 aromatic heterocycles. The van der Waals surface area contributed by atoms with Crippen molar-refractivity contribution in [1.29, 1.82) is 0 Å². The van der Waals surface area contributed by atoms with Gasteiger partial charge in [0.05, 0.1) is 12.2 Å². The minimum Gasteiger partial charge on any atom is -0.323 e. The van der Waals surface area contributed by atoms with Gasteiger partial charge in [0.15, 0.2) is 0 Å². The first kappa shape index (κ1) is 13.9. The molecule has 2 rings (SSSR count). The van der Waals surface area contributed by atoms with E-state index >= 15 is 0 Å². The van der Waals surface area contributed by atoms with Gasteiger partial charge in [-0.1, -0.05) is 46.5 Å². The van der Waals surface area contributed by atoms with Crippen molar-refractivity contribution in [3.8, 4) is 0 Å². The quantitative estimate of drug-likeness (QED) is 0.783. The molecule has 2 unspecified atom stereocenters. The highest BCUT2D eigenvalue weighted by molar-refractivity contribution is 5.84. The number of hydrogen-bond donors (Lipinski definition) is 1. The number of carbonyl (C=O) groups is 1. The molecule has 1 amide bonds. The van der Waals surface area contributed by atoms with E-state index in [2.05, 4.69) is 31.0 Å². The maximum atomic E-state index is 12.6. The van der Waals surface area contributed by atoms with Crippen LogP contribution in [0.25, 0.3) is 0 Å². The molecule has 1 aliphatic heterocycles. The van der Waals surface area contributed by atoms with Gasteiger partial charge < -0.3 is 4.90 Å². The summed E-state index contributed by atoms with van der Waals surface area (Å²) < 4.78 is 0. The molecule has 18 heavy (non-hydrogen) atoms. The van der Waals surface area contributed by atoms with Crippen molar-refractivity contribution in [2.24, 2.45) is 5.92 Å². The monoisotopic (exact) mass is 252 g/mol. The van der Waals surface area contributed by atoms with Gasteiger partial charge in [-0.25, -0.2) is 0 Å². The molecule has 0 aromatic rings. The Kier molecular flexibility index (Phi) is 4.66. The first-order valence-corrected chi connectivity index (χ1v) is 7.73. The van der Waals surface area contributed by atoms with Gasteiger partial charge in [0.2, 0.25) is 5.91 Å². The summed E-state index contributed by atoms with van der Waals surface area (Å²) in [7, 11) is 0. The minimum absolute atomic E-state index is 0.0400. The minimum atomic E-state index is 0.0400. The molecule has 3 nitrogen and oxygen atoms in total. The molecule has 0 radical (unpaired) electrons. The third-order valence-electron chi connectivity index (χ3n) is 4.50. The van der Waals surface area contributed by atoms with E-state index in [9.17, 15) is 4.79 Å². The lowest BCUT2D eigenvalue weighted by Crippen LogP contribution is -2.44. The number of nitrogens with zero attached hydrogens (tertiary/aromatic N) is 1. The highest BCUT2D eigenvalue weighted by atomic mass is 16.2. The lowest BCUT2D eigenvalue weighted by molar-refractivity contribution is -0.133. The number of amides is 1. The smallest absolute Gasteiger partial charge is 0.241 e. The summed E-state index contributed by atoms with van der Waals surface area (Å²) in [6.45, 7) is 6.45. The number of nitrogens with one attached hydrogen (secondary N) is 1. The largest absolute Gasteiger partial charge is 0.323 e. The zero-order valence-corrected chi connectivity index (χ0v) is 12.1. The average Bonchev–Trinajstić information content (AvgIpc) is 2.54. The first-order valence-electron chi connectivity index (χ1n) is 7.73. The van der Waals surface area contributed by atoms with Gasteiger partial charge in [-0.15, -0.1) is 0 Å². The van der Waals surface area contributed by atoms with Crippen LogP contribution in [0.1, 0.15) is 65.7 Å². The molecule has 1 saturated heterocycles. The van der Waals surface area contributed by atoms with Crippen LogP contribution in [-0.2, 0) is 4.79 Å². The van der Waals surface area contributed by atoms with Gasteiger partial charge in [-0.3, -0.25) is 10.1 Å². The Balaban J connectivity index is 2.10. The van der Waals surface area contributed by atoms with Gasteiger partial charge in [-0.05, 0) is 25.2 Å². The van der Waals surface area contributed by atoms with Crippen LogP contribution in [0, 0.1) is 5.92 Å². The first-order chi connectivity index (χ1) is 8.65. The second-order valence-electron chi connectivity index (χ2n) is 6.20. The second kappa shape index (κ2) is 6.05. The third-order valence-corrected chi connectivity index (χ3v) is 4.50. The molecule has 1 aliphatic carbocycles. The van der Waals surface area contributed by atoms with Crippen LogP contribution in [-0.4, -0.2) is 29.1 Å². The van der Waals surface area contributed by atoms with Crippen molar-refractivity contribution in [2.75, 3.05) is 0 Å². The van der Waals surface area contributed by atoms with Crippen LogP contribution < -0.4 is 5.32 Å². The maximum Gasteiger partial charge on any atom is 0.241 e. The Morgan fingerprint density at radius 2 is 1.83 bits per heavy atom. The Hall–Kier alpha value is -0.570. The van der Waals surface area contributed by atoms with Crippen LogP contribution >= 0.6 is 0 Å². The molecule has 0 spiro atoms. The summed E-state index contributed by atoms with van der Waals surface area (Å²) in [5.74, 6) is 0.742. The molecule has 2 fully saturated rings. The lowest BCUT2D eigenvalue weighted by atomic mass is 10.0. The summed E-state index contributed by atoms with van der Waals surface area (Å²) in [5.41, 5.74) is 0. The molecule has 1 N–H and O–H groups in total. The Bertz CT molecular complexity index is 282. The van der Waals surface area contributed by atoms with Crippen LogP contribution in [0.15, 0.2) is 0 Å². The van der Waals surface area contributed by atoms with Crippen molar-refractivity contribution >= 4 is 5.91 Å². The van der Waals surface area contributed by atoms with E-state index in [1.54, 1.807) is 0 Å². The zero-order chi connectivity index (χ0) is 13.1. The van der Waals surface area contributed by atoms with Crippen molar-refractivity contribution < 1.29 is 4.79 Å². The van der Waals surface area contributed by atoms with Gasteiger partial charge in [0.1, 0.15) is 0 Å². The Labute approximate surface area is 111 Å². The molecule has 1 heterocycles. The van der Waals surface area contributed by atoms with Crippen LogP contribution in [0.3, 0.4) is 0 Å². The predicted molar refractivity (Wildman–Crippen MR) is 74.2 cm³/mol. The fourth-order valence-electron chi connectivity index (χ4n) is 3.44. The third kappa shape index (κ3) is 2.71. The SMILES string of the molecule is CCC1NC(C(C)C)C(=O)N1C1CCCCCC1. The predicted octanol–water partition coefficient (Wildman–Crippen LogP) is 2.90. The van der Waals surface area contributed by atoms with E-state index in [1.165, 1.54) is 38.5 Å². The number of carbonyl (C=O) groups excluding carboxylic acids is 1. The summed E-state index contributed by atoms with van der Waals surface area (Å²) >= 11 is 0. The Morgan fingerprint density at radius 3 is 2.33 bits per heavy atom. The van der Waals surface area contributed by atoms with Crippen LogP contribution in [0.5, 0.6) is 0 Å². The van der Waals surface area contributed by atoms with E-state index in [-0.39, 0.29) is 12.2 Å². The van der Waals surface area contributed by atoms with Crippen LogP contribution in [0.2, 0.25) is 0 Å². The van der Waals surface area contributed by atoms with Gasteiger partial charge >= 0.3 is 0 Å². The van der Waals surface area contributed by atoms with Crippen molar-refractivity contribution in [3.63, 3.8) is 0 Å². The topological polar surface area (TPSA) is 32.3 Å². The molecule has 1 saturated carbocycles. The molecule has 0 bridgehead atoms. The number of hydrogen-bond acceptors (Lipinski definition) is 2. The van der Waals surface area contributed by atoms with E-state index in [0.717, 1.165) is 6.42 Å². The molecule has 0 aromatic carbocycles. The summed E-state index contributed by atoms with van der Waals surface area (Å²) in [6, 6.07) is 0.527. The molecular formula is C15H28N2O. The van der Waals surface area contributed by atoms with E-state index in [1.807, 2.05) is 0 Å². The zero-order valence-electron chi connectivity index (χ0n) is 12.1.